The van der Waals surface area contributed by atoms with Gasteiger partial charge in [-0.05, 0) is 39.2 Å². The molecule has 2 heterocycles. The Morgan fingerprint density at radius 1 is 1.26 bits per heavy atom. The molecule has 2 aliphatic heterocycles. The highest BCUT2D eigenvalue weighted by molar-refractivity contribution is 4.97. The van der Waals surface area contributed by atoms with E-state index in [0.717, 1.165) is 58.5 Å². The highest BCUT2D eigenvalue weighted by Crippen LogP contribution is 2.34. The largest absolute Gasteiger partial charge is 0.381 e. The zero-order valence-electron chi connectivity index (χ0n) is 12.6. The van der Waals surface area contributed by atoms with Gasteiger partial charge in [-0.2, -0.15) is 0 Å². The lowest BCUT2D eigenvalue weighted by atomic mass is 9.82. The number of nitrogens with zero attached hydrogens (tertiary/aromatic N) is 1. The number of hydrogen-bond donors (Lipinski definition) is 1. The monoisotopic (exact) mass is 270 g/mol. The van der Waals surface area contributed by atoms with Gasteiger partial charge < -0.3 is 15.2 Å². The fourth-order valence-corrected chi connectivity index (χ4v) is 3.62. The third kappa shape index (κ3) is 3.48. The van der Waals surface area contributed by atoms with Crippen LogP contribution in [0.15, 0.2) is 0 Å². The lowest BCUT2D eigenvalue weighted by molar-refractivity contribution is -0.0894. The van der Waals surface area contributed by atoms with Crippen LogP contribution in [-0.4, -0.2) is 56.0 Å². The molecule has 0 aliphatic carbocycles. The minimum atomic E-state index is 0.139. The van der Waals surface area contributed by atoms with Crippen LogP contribution in [0.4, 0.5) is 0 Å². The molecule has 2 unspecified atom stereocenters. The summed E-state index contributed by atoms with van der Waals surface area (Å²) in [4.78, 5) is 2.56. The van der Waals surface area contributed by atoms with Gasteiger partial charge in [-0.15, -0.1) is 0 Å². The van der Waals surface area contributed by atoms with Crippen LogP contribution in [0.3, 0.4) is 0 Å². The van der Waals surface area contributed by atoms with E-state index in [0.29, 0.717) is 12.1 Å². The van der Waals surface area contributed by atoms with Crippen LogP contribution in [0.5, 0.6) is 0 Å². The Labute approximate surface area is 117 Å². The van der Waals surface area contributed by atoms with Gasteiger partial charge in [0.2, 0.25) is 0 Å². The summed E-state index contributed by atoms with van der Waals surface area (Å²) in [6.07, 6.45) is 7.16. The highest BCUT2D eigenvalue weighted by Gasteiger charge is 2.41. The number of ether oxygens (including phenoxy) is 2. The van der Waals surface area contributed by atoms with Crippen molar-refractivity contribution in [3.8, 4) is 0 Å². The molecule has 0 bridgehead atoms. The van der Waals surface area contributed by atoms with Gasteiger partial charge in [-0.25, -0.2) is 0 Å². The molecule has 2 fully saturated rings. The Hall–Kier alpha value is -0.160. The quantitative estimate of drug-likeness (QED) is 0.827. The van der Waals surface area contributed by atoms with Gasteiger partial charge in [0, 0.05) is 37.9 Å². The highest BCUT2D eigenvalue weighted by atomic mass is 16.5. The third-order valence-electron chi connectivity index (χ3n) is 5.01. The van der Waals surface area contributed by atoms with Crippen molar-refractivity contribution in [3.05, 3.63) is 0 Å². The normalized spacial score (nSPS) is 33.8. The fourth-order valence-electron chi connectivity index (χ4n) is 3.62. The molecule has 0 saturated carbocycles. The molecule has 0 amide bonds. The number of likely N-dealkylation sites (N-methyl/N-ethyl adjacent to an activating group) is 1. The second kappa shape index (κ2) is 7.02. The smallest absolute Gasteiger partial charge is 0.0593 e. The van der Waals surface area contributed by atoms with Crippen LogP contribution in [0, 0.1) is 0 Å². The first-order valence-electron chi connectivity index (χ1n) is 7.84. The van der Waals surface area contributed by atoms with Gasteiger partial charge in [0.15, 0.2) is 0 Å². The van der Waals surface area contributed by atoms with E-state index in [1.807, 2.05) is 0 Å². The van der Waals surface area contributed by atoms with E-state index < -0.39 is 0 Å². The number of nitrogens with two attached hydrogens (primary N) is 1. The molecular weight excluding hydrogens is 240 g/mol. The van der Waals surface area contributed by atoms with E-state index >= 15 is 0 Å². The summed E-state index contributed by atoms with van der Waals surface area (Å²) in [5.41, 5.74) is 6.31. The minimum absolute atomic E-state index is 0.139. The number of hydrogen-bond acceptors (Lipinski definition) is 4. The molecular formula is C15H30N2O2. The maximum absolute atomic E-state index is 6.18. The third-order valence-corrected chi connectivity index (χ3v) is 5.01. The molecule has 0 spiro atoms. The van der Waals surface area contributed by atoms with Gasteiger partial charge in [-0.3, -0.25) is 4.90 Å². The summed E-state index contributed by atoms with van der Waals surface area (Å²) in [7, 11) is 2.26. The summed E-state index contributed by atoms with van der Waals surface area (Å²) in [6, 6.07) is 0.623. The molecule has 2 atom stereocenters. The second-order valence-corrected chi connectivity index (χ2v) is 6.12. The standard InChI is InChI=1S/C15H30N2O2/c1-3-4-14-11-15(12-16,7-10-19-14)17(2)13-5-8-18-9-6-13/h13-14H,3-12,16H2,1-2H3. The molecule has 2 rings (SSSR count). The van der Waals surface area contributed by atoms with E-state index in [4.69, 9.17) is 15.2 Å². The zero-order valence-corrected chi connectivity index (χ0v) is 12.6. The van der Waals surface area contributed by atoms with Gasteiger partial charge >= 0.3 is 0 Å². The van der Waals surface area contributed by atoms with E-state index in [-0.39, 0.29) is 5.54 Å². The summed E-state index contributed by atoms with van der Waals surface area (Å²) >= 11 is 0. The molecule has 4 heteroatoms. The summed E-state index contributed by atoms with van der Waals surface area (Å²) in [5, 5.41) is 0. The van der Waals surface area contributed by atoms with Gasteiger partial charge in [0.25, 0.3) is 0 Å². The van der Waals surface area contributed by atoms with E-state index in [2.05, 4.69) is 18.9 Å². The molecule has 112 valence electrons. The lowest BCUT2D eigenvalue weighted by Gasteiger charge is -2.50. The van der Waals surface area contributed by atoms with Crippen LogP contribution >= 0.6 is 0 Å². The first-order chi connectivity index (χ1) is 9.22. The first kappa shape index (κ1) is 15.2. The van der Waals surface area contributed by atoms with Gasteiger partial charge in [-0.1, -0.05) is 13.3 Å². The molecule has 2 N–H and O–H groups in total. The van der Waals surface area contributed by atoms with Crippen molar-refractivity contribution in [2.45, 2.75) is 63.1 Å². The Bertz CT molecular complexity index is 267. The molecule has 0 radical (unpaired) electrons. The van der Waals surface area contributed by atoms with Gasteiger partial charge in [0.1, 0.15) is 0 Å². The maximum Gasteiger partial charge on any atom is 0.0593 e. The summed E-state index contributed by atoms with van der Waals surface area (Å²) in [5.74, 6) is 0. The number of rotatable bonds is 5. The van der Waals surface area contributed by atoms with Crippen molar-refractivity contribution >= 4 is 0 Å². The molecule has 19 heavy (non-hydrogen) atoms. The van der Waals surface area contributed by atoms with E-state index in [1.54, 1.807) is 0 Å². The predicted octanol–water partition coefficient (Wildman–Crippen LogP) is 1.77. The molecule has 4 nitrogen and oxygen atoms in total. The van der Waals surface area contributed by atoms with Crippen LogP contribution in [0.1, 0.15) is 45.4 Å². The van der Waals surface area contributed by atoms with Crippen LogP contribution < -0.4 is 5.73 Å². The van der Waals surface area contributed by atoms with Crippen LogP contribution in [-0.2, 0) is 9.47 Å². The maximum atomic E-state index is 6.18. The average Bonchev–Trinajstić information content (AvgIpc) is 2.48. The van der Waals surface area contributed by atoms with Crippen LogP contribution in [0.25, 0.3) is 0 Å². The molecule has 2 saturated heterocycles. The predicted molar refractivity (Wildman–Crippen MR) is 77.3 cm³/mol. The van der Waals surface area contributed by atoms with Crippen LogP contribution in [0.2, 0.25) is 0 Å². The van der Waals surface area contributed by atoms with Crippen molar-refractivity contribution in [2.75, 3.05) is 33.4 Å². The van der Waals surface area contributed by atoms with Crippen molar-refractivity contribution < 1.29 is 9.47 Å². The second-order valence-electron chi connectivity index (χ2n) is 6.12. The van der Waals surface area contributed by atoms with E-state index in [1.165, 1.54) is 6.42 Å². The Morgan fingerprint density at radius 3 is 2.63 bits per heavy atom. The molecule has 2 aliphatic rings. The average molecular weight is 270 g/mol. The van der Waals surface area contributed by atoms with Gasteiger partial charge in [0.05, 0.1) is 6.10 Å². The lowest BCUT2D eigenvalue weighted by Crippen LogP contribution is -2.60. The minimum Gasteiger partial charge on any atom is -0.381 e. The summed E-state index contributed by atoms with van der Waals surface area (Å²) in [6.45, 7) is 5.61. The van der Waals surface area contributed by atoms with Crippen molar-refractivity contribution in [1.82, 2.24) is 4.90 Å². The Balaban J connectivity index is 2.02. The Morgan fingerprint density at radius 2 is 2.00 bits per heavy atom. The molecule has 0 aromatic heterocycles. The van der Waals surface area contributed by atoms with E-state index in [9.17, 15) is 0 Å². The first-order valence-corrected chi connectivity index (χ1v) is 7.84. The van der Waals surface area contributed by atoms with Crippen molar-refractivity contribution in [2.24, 2.45) is 5.73 Å². The van der Waals surface area contributed by atoms with Crippen molar-refractivity contribution in [3.63, 3.8) is 0 Å². The van der Waals surface area contributed by atoms with Crippen molar-refractivity contribution in [1.29, 1.82) is 0 Å². The Kier molecular flexibility index (Phi) is 5.63. The summed E-state index contributed by atoms with van der Waals surface area (Å²) < 4.78 is 11.4. The SMILES string of the molecule is CCCC1CC(CN)(N(C)C2CCOCC2)CCO1. The molecule has 0 aromatic rings. The zero-order chi connectivity index (χ0) is 13.7. The topological polar surface area (TPSA) is 47.7 Å². The fraction of sp³-hybridized carbons (Fsp3) is 1.00. The molecule has 0 aromatic carbocycles.